The highest BCUT2D eigenvalue weighted by Crippen LogP contribution is 2.20. The van der Waals surface area contributed by atoms with Crippen LogP contribution in [0.25, 0.3) is 0 Å². The van der Waals surface area contributed by atoms with E-state index in [-0.39, 0.29) is 11.1 Å². The molecule has 0 radical (unpaired) electrons. The second-order valence-corrected chi connectivity index (χ2v) is 5.44. The van der Waals surface area contributed by atoms with Crippen molar-refractivity contribution in [3.05, 3.63) is 29.0 Å². The number of pyridine rings is 1. The molecule has 4 nitrogen and oxygen atoms in total. The third-order valence-corrected chi connectivity index (χ3v) is 3.82. The molecule has 0 atom stereocenters. The van der Waals surface area contributed by atoms with Gasteiger partial charge in [-0.1, -0.05) is 30.9 Å². The number of hydrogen-bond donors (Lipinski definition) is 1. The average molecular weight is 297 g/mol. The topological polar surface area (TPSA) is 51.2 Å². The quantitative estimate of drug-likeness (QED) is 0.648. The maximum Gasteiger partial charge on any atom is 0.254 e. The summed E-state index contributed by atoms with van der Waals surface area (Å²) >= 11 is 5.86. The van der Waals surface area contributed by atoms with Crippen molar-refractivity contribution in [2.75, 3.05) is 13.2 Å². The molecule has 2 rings (SSSR count). The number of ether oxygens (including phenoxy) is 1. The van der Waals surface area contributed by atoms with Crippen LogP contribution >= 0.6 is 11.6 Å². The van der Waals surface area contributed by atoms with E-state index in [1.807, 2.05) is 0 Å². The van der Waals surface area contributed by atoms with E-state index in [0.29, 0.717) is 24.8 Å². The predicted octanol–water partition coefficient (Wildman–Crippen LogP) is 3.20. The Labute approximate surface area is 124 Å². The first-order valence-electron chi connectivity index (χ1n) is 7.27. The van der Waals surface area contributed by atoms with Crippen molar-refractivity contribution in [1.82, 2.24) is 10.3 Å². The molecule has 1 saturated carbocycles. The number of carbonyl (C=O) groups is 1. The number of aromatic nitrogens is 1. The van der Waals surface area contributed by atoms with Gasteiger partial charge in [0.2, 0.25) is 0 Å². The summed E-state index contributed by atoms with van der Waals surface area (Å²) in [4.78, 5) is 15.7. The summed E-state index contributed by atoms with van der Waals surface area (Å²) in [7, 11) is 0. The van der Waals surface area contributed by atoms with Crippen LogP contribution < -0.4 is 5.32 Å². The summed E-state index contributed by atoms with van der Waals surface area (Å²) in [6.45, 7) is 1.29. The van der Waals surface area contributed by atoms with Crippen LogP contribution in [-0.2, 0) is 4.74 Å². The predicted molar refractivity (Wildman–Crippen MR) is 79.0 cm³/mol. The smallest absolute Gasteiger partial charge is 0.254 e. The highest BCUT2D eigenvalue weighted by Gasteiger charge is 2.13. The van der Waals surface area contributed by atoms with E-state index in [1.165, 1.54) is 32.1 Å². The largest absolute Gasteiger partial charge is 0.378 e. The van der Waals surface area contributed by atoms with Crippen molar-refractivity contribution < 1.29 is 9.53 Å². The Morgan fingerprint density at radius 3 is 2.95 bits per heavy atom. The number of nitrogens with one attached hydrogen (secondary N) is 1. The van der Waals surface area contributed by atoms with Crippen LogP contribution in [0.2, 0.25) is 5.15 Å². The standard InChI is InChI=1S/C15H21ClN2O2/c16-14-13(8-4-9-17-14)15(19)18-10-5-11-20-12-6-2-1-3-7-12/h4,8-9,12H,1-3,5-7,10-11H2,(H,18,19). The summed E-state index contributed by atoms with van der Waals surface area (Å²) in [6.07, 6.45) is 9.06. The zero-order valence-corrected chi connectivity index (χ0v) is 12.4. The van der Waals surface area contributed by atoms with Crippen LogP contribution in [0.15, 0.2) is 18.3 Å². The van der Waals surface area contributed by atoms with Crippen molar-refractivity contribution in [3.8, 4) is 0 Å². The normalized spacial score (nSPS) is 16.1. The zero-order valence-electron chi connectivity index (χ0n) is 11.6. The molecule has 5 heteroatoms. The third kappa shape index (κ3) is 4.76. The highest BCUT2D eigenvalue weighted by molar-refractivity contribution is 6.32. The lowest BCUT2D eigenvalue weighted by Crippen LogP contribution is -2.26. The van der Waals surface area contributed by atoms with Gasteiger partial charge in [-0.2, -0.15) is 0 Å². The van der Waals surface area contributed by atoms with Crippen LogP contribution in [-0.4, -0.2) is 30.1 Å². The molecule has 1 fully saturated rings. The van der Waals surface area contributed by atoms with Gasteiger partial charge in [-0.05, 0) is 31.4 Å². The van der Waals surface area contributed by atoms with Crippen molar-refractivity contribution in [2.24, 2.45) is 0 Å². The molecule has 1 aliphatic rings. The molecule has 1 amide bonds. The van der Waals surface area contributed by atoms with Crippen molar-refractivity contribution in [2.45, 2.75) is 44.6 Å². The zero-order chi connectivity index (χ0) is 14.2. The molecule has 1 heterocycles. The SMILES string of the molecule is O=C(NCCCOC1CCCCC1)c1cccnc1Cl. The molecule has 110 valence electrons. The highest BCUT2D eigenvalue weighted by atomic mass is 35.5. The Balaban J connectivity index is 1.61. The summed E-state index contributed by atoms with van der Waals surface area (Å²) < 4.78 is 5.80. The summed E-state index contributed by atoms with van der Waals surface area (Å²) in [6, 6.07) is 3.37. The van der Waals surface area contributed by atoms with Crippen molar-refractivity contribution in [1.29, 1.82) is 0 Å². The molecule has 1 aromatic heterocycles. The van der Waals surface area contributed by atoms with Gasteiger partial charge in [0.05, 0.1) is 11.7 Å². The van der Waals surface area contributed by atoms with Gasteiger partial charge >= 0.3 is 0 Å². The number of halogens is 1. The lowest BCUT2D eigenvalue weighted by molar-refractivity contribution is 0.0273. The van der Waals surface area contributed by atoms with E-state index in [1.54, 1.807) is 18.3 Å². The molecule has 0 unspecified atom stereocenters. The molecule has 0 aromatic carbocycles. The fourth-order valence-corrected chi connectivity index (χ4v) is 2.61. The Hall–Kier alpha value is -1.13. The first kappa shape index (κ1) is 15.3. The summed E-state index contributed by atoms with van der Waals surface area (Å²) in [5.74, 6) is -0.180. The van der Waals surface area contributed by atoms with E-state index < -0.39 is 0 Å². The average Bonchev–Trinajstić information content (AvgIpc) is 2.48. The molecular formula is C15H21ClN2O2. The van der Waals surface area contributed by atoms with E-state index >= 15 is 0 Å². The van der Waals surface area contributed by atoms with Gasteiger partial charge < -0.3 is 10.1 Å². The van der Waals surface area contributed by atoms with Gasteiger partial charge in [-0.25, -0.2) is 4.98 Å². The summed E-state index contributed by atoms with van der Waals surface area (Å²) in [5, 5.41) is 3.07. The fourth-order valence-electron chi connectivity index (χ4n) is 2.41. The van der Waals surface area contributed by atoms with Crippen LogP contribution in [0.1, 0.15) is 48.9 Å². The van der Waals surface area contributed by atoms with E-state index in [4.69, 9.17) is 16.3 Å². The first-order valence-corrected chi connectivity index (χ1v) is 7.65. The monoisotopic (exact) mass is 296 g/mol. The molecule has 0 saturated heterocycles. The van der Waals surface area contributed by atoms with Gasteiger partial charge in [0.25, 0.3) is 5.91 Å². The maximum atomic E-state index is 11.9. The molecule has 0 aliphatic heterocycles. The van der Waals surface area contributed by atoms with Crippen molar-refractivity contribution in [3.63, 3.8) is 0 Å². The molecule has 1 aromatic rings. The minimum atomic E-state index is -0.180. The number of nitrogens with zero attached hydrogens (tertiary/aromatic N) is 1. The van der Waals surface area contributed by atoms with Crippen LogP contribution in [0.5, 0.6) is 0 Å². The third-order valence-electron chi connectivity index (χ3n) is 3.52. The lowest BCUT2D eigenvalue weighted by atomic mass is 9.98. The molecule has 20 heavy (non-hydrogen) atoms. The van der Waals surface area contributed by atoms with E-state index in [2.05, 4.69) is 10.3 Å². The molecule has 1 aliphatic carbocycles. The van der Waals surface area contributed by atoms with Gasteiger partial charge in [0.15, 0.2) is 0 Å². The molecule has 0 bridgehead atoms. The molecular weight excluding hydrogens is 276 g/mol. The lowest BCUT2D eigenvalue weighted by Gasteiger charge is -2.21. The Bertz CT molecular complexity index is 434. The Morgan fingerprint density at radius 1 is 1.40 bits per heavy atom. The van der Waals surface area contributed by atoms with Crippen LogP contribution in [0, 0.1) is 0 Å². The minimum Gasteiger partial charge on any atom is -0.378 e. The second-order valence-electron chi connectivity index (χ2n) is 5.08. The number of hydrogen-bond acceptors (Lipinski definition) is 3. The summed E-state index contributed by atoms with van der Waals surface area (Å²) in [5.41, 5.74) is 0.419. The van der Waals surface area contributed by atoms with Gasteiger partial charge in [0.1, 0.15) is 5.15 Å². The van der Waals surface area contributed by atoms with Crippen LogP contribution in [0.4, 0.5) is 0 Å². The van der Waals surface area contributed by atoms with Gasteiger partial charge in [0, 0.05) is 19.3 Å². The van der Waals surface area contributed by atoms with Crippen molar-refractivity contribution >= 4 is 17.5 Å². The molecule has 1 N–H and O–H groups in total. The number of amides is 1. The minimum absolute atomic E-state index is 0.180. The van der Waals surface area contributed by atoms with Crippen LogP contribution in [0.3, 0.4) is 0 Å². The number of rotatable bonds is 6. The maximum absolute atomic E-state index is 11.9. The second kappa shape index (κ2) is 8.22. The first-order chi connectivity index (χ1) is 9.77. The van der Waals surface area contributed by atoms with E-state index in [0.717, 1.165) is 6.42 Å². The Kier molecular flexibility index (Phi) is 6.27. The molecule has 0 spiro atoms. The van der Waals surface area contributed by atoms with Gasteiger partial charge in [-0.15, -0.1) is 0 Å². The Morgan fingerprint density at radius 2 is 2.20 bits per heavy atom. The fraction of sp³-hybridized carbons (Fsp3) is 0.600. The van der Waals surface area contributed by atoms with Gasteiger partial charge in [-0.3, -0.25) is 4.79 Å². The number of carbonyl (C=O) groups excluding carboxylic acids is 1. The van der Waals surface area contributed by atoms with E-state index in [9.17, 15) is 4.79 Å².